The molecule has 0 saturated carbocycles. The summed E-state index contributed by atoms with van der Waals surface area (Å²) in [5.41, 5.74) is 0.754. The first-order valence-corrected chi connectivity index (χ1v) is 7.42. The smallest absolute Gasteiger partial charge is 0.226 e. The van der Waals surface area contributed by atoms with Gasteiger partial charge in [0, 0.05) is 19.2 Å². The quantitative estimate of drug-likeness (QED) is 0.797. The van der Waals surface area contributed by atoms with Gasteiger partial charge in [0.1, 0.15) is 17.2 Å². The molecular formula is C18H21NO4. The number of hydrogen-bond donors (Lipinski definition) is 1. The second kappa shape index (κ2) is 8.08. The summed E-state index contributed by atoms with van der Waals surface area (Å²) in [6.45, 7) is 0.474. The van der Waals surface area contributed by atoms with Crippen LogP contribution in [0.5, 0.6) is 17.2 Å². The molecule has 2 aromatic carbocycles. The van der Waals surface area contributed by atoms with Crippen LogP contribution in [0.3, 0.4) is 0 Å². The second-order valence-electron chi connectivity index (χ2n) is 5.10. The van der Waals surface area contributed by atoms with Crippen LogP contribution in [-0.2, 0) is 4.79 Å². The van der Waals surface area contributed by atoms with Gasteiger partial charge < -0.3 is 19.5 Å². The molecule has 0 radical (unpaired) electrons. The lowest BCUT2D eigenvalue weighted by molar-refractivity contribution is -0.118. The van der Waals surface area contributed by atoms with Crippen LogP contribution in [0, 0.1) is 0 Å². The SMILES string of the molecule is COc1ccc(OCCCC(=O)N(C)c2ccc(O)cc2)cc1. The molecule has 2 aromatic rings. The van der Waals surface area contributed by atoms with Crippen molar-refractivity contribution >= 4 is 11.6 Å². The number of benzene rings is 2. The zero-order valence-corrected chi connectivity index (χ0v) is 13.4. The van der Waals surface area contributed by atoms with E-state index in [0.717, 1.165) is 17.2 Å². The fourth-order valence-corrected chi connectivity index (χ4v) is 2.07. The van der Waals surface area contributed by atoms with Gasteiger partial charge in [-0.3, -0.25) is 4.79 Å². The number of methoxy groups -OCH3 is 1. The van der Waals surface area contributed by atoms with E-state index in [1.165, 1.54) is 0 Å². The minimum Gasteiger partial charge on any atom is -0.508 e. The molecule has 0 saturated heterocycles. The normalized spacial score (nSPS) is 10.2. The number of phenolic OH excluding ortho intramolecular Hbond substituents is 1. The lowest BCUT2D eigenvalue weighted by Gasteiger charge is -2.17. The molecule has 5 nitrogen and oxygen atoms in total. The summed E-state index contributed by atoms with van der Waals surface area (Å²) in [6.07, 6.45) is 1.03. The molecule has 0 heterocycles. The van der Waals surface area contributed by atoms with Crippen molar-refractivity contribution in [2.75, 3.05) is 25.7 Å². The molecule has 1 N–H and O–H groups in total. The van der Waals surface area contributed by atoms with Crippen LogP contribution in [0.4, 0.5) is 5.69 Å². The largest absolute Gasteiger partial charge is 0.508 e. The Morgan fingerprint density at radius 3 is 2.26 bits per heavy atom. The van der Waals surface area contributed by atoms with E-state index in [-0.39, 0.29) is 11.7 Å². The molecule has 1 amide bonds. The number of ether oxygens (including phenoxy) is 2. The van der Waals surface area contributed by atoms with E-state index in [4.69, 9.17) is 9.47 Å². The summed E-state index contributed by atoms with van der Waals surface area (Å²) >= 11 is 0. The Labute approximate surface area is 136 Å². The summed E-state index contributed by atoms with van der Waals surface area (Å²) < 4.78 is 10.7. The summed E-state index contributed by atoms with van der Waals surface area (Å²) in [7, 11) is 3.34. The number of hydrogen-bond acceptors (Lipinski definition) is 4. The van der Waals surface area contributed by atoms with Crippen LogP contribution < -0.4 is 14.4 Å². The van der Waals surface area contributed by atoms with Crippen molar-refractivity contribution in [3.63, 3.8) is 0 Å². The van der Waals surface area contributed by atoms with Gasteiger partial charge in [0.2, 0.25) is 5.91 Å². The average molecular weight is 315 g/mol. The molecular weight excluding hydrogens is 294 g/mol. The topological polar surface area (TPSA) is 59.0 Å². The lowest BCUT2D eigenvalue weighted by atomic mass is 10.2. The van der Waals surface area contributed by atoms with Gasteiger partial charge in [0.15, 0.2) is 0 Å². The summed E-state index contributed by atoms with van der Waals surface area (Å²) in [5.74, 6) is 1.73. The van der Waals surface area contributed by atoms with Gasteiger partial charge in [0.25, 0.3) is 0 Å². The van der Waals surface area contributed by atoms with Crippen molar-refractivity contribution in [3.8, 4) is 17.2 Å². The number of carbonyl (C=O) groups is 1. The zero-order chi connectivity index (χ0) is 16.7. The van der Waals surface area contributed by atoms with E-state index in [1.54, 1.807) is 43.3 Å². The monoisotopic (exact) mass is 315 g/mol. The Morgan fingerprint density at radius 1 is 1.04 bits per heavy atom. The maximum absolute atomic E-state index is 12.1. The molecule has 122 valence electrons. The maximum atomic E-state index is 12.1. The standard InChI is InChI=1S/C18H21NO4/c1-19(14-5-7-15(20)8-6-14)18(21)4-3-13-23-17-11-9-16(22-2)10-12-17/h5-12,20H,3-4,13H2,1-2H3. The van der Waals surface area contributed by atoms with Crippen LogP contribution in [-0.4, -0.2) is 31.8 Å². The predicted molar refractivity (Wildman–Crippen MR) is 89.2 cm³/mol. The van der Waals surface area contributed by atoms with E-state index in [2.05, 4.69) is 0 Å². The molecule has 0 aliphatic carbocycles. The van der Waals surface area contributed by atoms with E-state index in [1.807, 2.05) is 24.3 Å². The van der Waals surface area contributed by atoms with E-state index in [0.29, 0.717) is 19.4 Å². The third-order valence-electron chi connectivity index (χ3n) is 3.47. The first kappa shape index (κ1) is 16.7. The molecule has 5 heteroatoms. The molecule has 0 unspecified atom stereocenters. The lowest BCUT2D eigenvalue weighted by Crippen LogP contribution is -2.26. The number of rotatable bonds is 7. The van der Waals surface area contributed by atoms with E-state index < -0.39 is 0 Å². The van der Waals surface area contributed by atoms with Crippen LogP contribution in [0.2, 0.25) is 0 Å². The van der Waals surface area contributed by atoms with Crippen molar-refractivity contribution in [2.24, 2.45) is 0 Å². The highest BCUT2D eigenvalue weighted by Gasteiger charge is 2.10. The molecule has 2 rings (SSSR count). The highest BCUT2D eigenvalue weighted by atomic mass is 16.5. The molecule has 0 aliphatic heterocycles. The van der Waals surface area contributed by atoms with Gasteiger partial charge in [-0.25, -0.2) is 0 Å². The third kappa shape index (κ3) is 4.92. The summed E-state index contributed by atoms with van der Waals surface area (Å²) in [4.78, 5) is 13.7. The number of anilines is 1. The second-order valence-corrected chi connectivity index (χ2v) is 5.10. The molecule has 23 heavy (non-hydrogen) atoms. The predicted octanol–water partition coefficient (Wildman–Crippen LogP) is 3.22. The first-order chi connectivity index (χ1) is 11.1. The Balaban J connectivity index is 1.74. The maximum Gasteiger partial charge on any atom is 0.226 e. The highest BCUT2D eigenvalue weighted by Crippen LogP contribution is 2.19. The van der Waals surface area contributed by atoms with Crippen molar-refractivity contribution in [3.05, 3.63) is 48.5 Å². The van der Waals surface area contributed by atoms with E-state index >= 15 is 0 Å². The van der Waals surface area contributed by atoms with Gasteiger partial charge in [0.05, 0.1) is 13.7 Å². The molecule has 0 fully saturated rings. The number of aromatic hydroxyl groups is 1. The van der Waals surface area contributed by atoms with Crippen molar-refractivity contribution < 1.29 is 19.4 Å². The van der Waals surface area contributed by atoms with Crippen LogP contribution in [0.15, 0.2) is 48.5 Å². The van der Waals surface area contributed by atoms with Crippen molar-refractivity contribution in [1.29, 1.82) is 0 Å². The first-order valence-electron chi connectivity index (χ1n) is 7.42. The summed E-state index contributed by atoms with van der Waals surface area (Å²) in [5, 5.41) is 9.26. The van der Waals surface area contributed by atoms with Crippen LogP contribution in [0.1, 0.15) is 12.8 Å². The number of carbonyl (C=O) groups excluding carboxylic acids is 1. The molecule has 0 atom stereocenters. The fourth-order valence-electron chi connectivity index (χ4n) is 2.07. The molecule has 0 bridgehead atoms. The Hall–Kier alpha value is -2.69. The number of amides is 1. The Morgan fingerprint density at radius 2 is 1.65 bits per heavy atom. The average Bonchev–Trinajstić information content (AvgIpc) is 2.59. The number of phenols is 1. The van der Waals surface area contributed by atoms with E-state index in [9.17, 15) is 9.90 Å². The van der Waals surface area contributed by atoms with Crippen molar-refractivity contribution in [1.82, 2.24) is 0 Å². The minimum absolute atomic E-state index is 0.00835. The van der Waals surface area contributed by atoms with Gasteiger partial charge >= 0.3 is 0 Å². The molecule has 0 spiro atoms. The Bertz CT molecular complexity index is 622. The highest BCUT2D eigenvalue weighted by molar-refractivity contribution is 5.92. The third-order valence-corrected chi connectivity index (χ3v) is 3.47. The van der Waals surface area contributed by atoms with Gasteiger partial charge in [-0.15, -0.1) is 0 Å². The molecule has 0 aromatic heterocycles. The Kier molecular flexibility index (Phi) is 5.86. The van der Waals surface area contributed by atoms with Gasteiger partial charge in [-0.2, -0.15) is 0 Å². The van der Waals surface area contributed by atoms with Crippen molar-refractivity contribution in [2.45, 2.75) is 12.8 Å². The van der Waals surface area contributed by atoms with Crippen LogP contribution >= 0.6 is 0 Å². The summed E-state index contributed by atoms with van der Waals surface area (Å²) in [6, 6.07) is 13.9. The van der Waals surface area contributed by atoms with Gasteiger partial charge in [-0.1, -0.05) is 0 Å². The number of nitrogens with zero attached hydrogens (tertiary/aromatic N) is 1. The zero-order valence-electron chi connectivity index (χ0n) is 13.4. The van der Waals surface area contributed by atoms with Crippen LogP contribution in [0.25, 0.3) is 0 Å². The minimum atomic E-state index is 0.00835. The van der Waals surface area contributed by atoms with Gasteiger partial charge in [-0.05, 0) is 55.0 Å². The molecule has 0 aliphatic rings. The fraction of sp³-hybridized carbons (Fsp3) is 0.278.